The molecular weight excluding hydrogens is 364 g/mol. The predicted octanol–water partition coefficient (Wildman–Crippen LogP) is 3.73. The molecule has 0 saturated carbocycles. The highest BCUT2D eigenvalue weighted by Crippen LogP contribution is 2.21. The van der Waals surface area contributed by atoms with Gasteiger partial charge in [0.05, 0.1) is 16.8 Å². The van der Waals surface area contributed by atoms with E-state index in [0.717, 1.165) is 5.69 Å². The molecular formula is C19H18N4O3S. The summed E-state index contributed by atoms with van der Waals surface area (Å²) in [5.41, 5.74) is 4.21. The Morgan fingerprint density at radius 2 is 1.74 bits per heavy atom. The van der Waals surface area contributed by atoms with Gasteiger partial charge in [0.15, 0.2) is 0 Å². The van der Waals surface area contributed by atoms with Crippen LogP contribution in [-0.4, -0.2) is 24.0 Å². The molecule has 7 nitrogen and oxygen atoms in total. The molecule has 0 radical (unpaired) electrons. The average molecular weight is 382 g/mol. The van der Waals surface area contributed by atoms with E-state index < -0.39 is 0 Å². The lowest BCUT2D eigenvalue weighted by Crippen LogP contribution is -2.24. The summed E-state index contributed by atoms with van der Waals surface area (Å²) in [6, 6.07) is 13.6. The Morgan fingerprint density at radius 3 is 2.41 bits per heavy atom. The number of rotatable bonds is 6. The molecule has 0 aliphatic rings. The second kappa shape index (κ2) is 8.81. The third-order valence-electron chi connectivity index (χ3n) is 3.62. The van der Waals surface area contributed by atoms with Crippen molar-refractivity contribution in [1.29, 1.82) is 0 Å². The maximum atomic E-state index is 12.6. The molecule has 0 atom stereocenters. The quantitative estimate of drug-likeness (QED) is 0.606. The van der Waals surface area contributed by atoms with Crippen LogP contribution in [0, 0.1) is 0 Å². The minimum absolute atomic E-state index is 0.282. The first-order chi connectivity index (χ1) is 13.2. The number of nitrogens with one attached hydrogen (secondary N) is 3. The van der Waals surface area contributed by atoms with Crippen LogP contribution < -0.4 is 20.7 Å². The number of benzene rings is 2. The molecule has 3 N–H and O–H groups in total. The summed E-state index contributed by atoms with van der Waals surface area (Å²) in [6.07, 6.45) is 0. The Hall–Kier alpha value is -3.39. The second-order valence-corrected chi connectivity index (χ2v) is 6.22. The zero-order valence-corrected chi connectivity index (χ0v) is 15.4. The Bertz CT molecular complexity index is 911. The smallest absolute Gasteiger partial charge is 0.318 e. The van der Waals surface area contributed by atoms with Crippen molar-refractivity contribution < 1.29 is 14.3 Å². The maximum absolute atomic E-state index is 12.6. The summed E-state index contributed by atoms with van der Waals surface area (Å²) in [4.78, 5) is 28.1. The molecule has 1 aromatic heterocycles. The van der Waals surface area contributed by atoms with Crippen molar-refractivity contribution >= 4 is 34.6 Å². The number of thiazole rings is 1. The van der Waals surface area contributed by atoms with Crippen LogP contribution in [0.4, 0.5) is 16.2 Å². The van der Waals surface area contributed by atoms with E-state index in [9.17, 15) is 9.59 Å². The summed E-state index contributed by atoms with van der Waals surface area (Å²) in [5.74, 6) is 0.205. The summed E-state index contributed by atoms with van der Waals surface area (Å²) in [6.45, 7) is 0.299. The van der Waals surface area contributed by atoms with Gasteiger partial charge in [-0.25, -0.2) is 9.78 Å². The third-order valence-corrected chi connectivity index (χ3v) is 4.25. The summed E-state index contributed by atoms with van der Waals surface area (Å²) in [5, 5.41) is 9.85. The molecule has 0 spiro atoms. The lowest BCUT2D eigenvalue weighted by molar-refractivity contribution is 0.102. The van der Waals surface area contributed by atoms with Crippen LogP contribution in [0.3, 0.4) is 0 Å². The summed E-state index contributed by atoms with van der Waals surface area (Å²) in [7, 11) is 1.54. The van der Waals surface area contributed by atoms with Crippen molar-refractivity contribution in [3.05, 3.63) is 70.7 Å². The molecule has 0 unspecified atom stereocenters. The van der Waals surface area contributed by atoms with Gasteiger partial charge >= 0.3 is 6.03 Å². The summed E-state index contributed by atoms with van der Waals surface area (Å²) < 4.78 is 5.74. The van der Waals surface area contributed by atoms with Crippen molar-refractivity contribution in [2.75, 3.05) is 17.7 Å². The van der Waals surface area contributed by atoms with Crippen molar-refractivity contribution in [1.82, 2.24) is 10.3 Å². The van der Waals surface area contributed by atoms with Crippen molar-refractivity contribution in [3.8, 4) is 5.75 Å². The highest BCUT2D eigenvalue weighted by molar-refractivity contribution is 7.07. The monoisotopic (exact) mass is 382 g/mol. The van der Waals surface area contributed by atoms with Crippen LogP contribution in [0.1, 0.15) is 16.1 Å². The first-order valence-electron chi connectivity index (χ1n) is 8.15. The number of para-hydroxylation sites is 1. The number of amides is 3. The molecule has 3 rings (SSSR count). The first-order valence-corrected chi connectivity index (χ1v) is 9.09. The molecule has 0 saturated heterocycles. The number of hydrogen-bond acceptors (Lipinski definition) is 5. The van der Waals surface area contributed by atoms with Crippen LogP contribution in [0.25, 0.3) is 0 Å². The van der Waals surface area contributed by atoms with E-state index in [-0.39, 0.29) is 11.9 Å². The van der Waals surface area contributed by atoms with Gasteiger partial charge in [0.1, 0.15) is 12.4 Å². The van der Waals surface area contributed by atoms with E-state index >= 15 is 0 Å². The zero-order valence-electron chi connectivity index (χ0n) is 14.6. The Morgan fingerprint density at radius 1 is 1.04 bits per heavy atom. The topological polar surface area (TPSA) is 92.4 Å². The van der Waals surface area contributed by atoms with Crippen molar-refractivity contribution in [2.45, 2.75) is 6.61 Å². The van der Waals surface area contributed by atoms with Gasteiger partial charge in [-0.15, -0.1) is 11.3 Å². The van der Waals surface area contributed by atoms with Gasteiger partial charge in [-0.05, 0) is 36.4 Å². The highest BCUT2D eigenvalue weighted by atomic mass is 32.1. The van der Waals surface area contributed by atoms with Gasteiger partial charge in [0, 0.05) is 23.8 Å². The standard InChI is InChI=1S/C19H18N4O3S/c1-20-19(25)23-14-8-6-13(7-9-14)22-18(24)16-4-2-3-5-17(16)26-10-15-11-27-12-21-15/h2-9,11-12H,10H2,1H3,(H,22,24)(H2,20,23,25). The molecule has 2 aromatic carbocycles. The van der Waals surface area contributed by atoms with Crippen molar-refractivity contribution in [2.24, 2.45) is 0 Å². The van der Waals surface area contributed by atoms with E-state index in [1.807, 2.05) is 11.4 Å². The number of carbonyl (C=O) groups excluding carboxylic acids is 2. The van der Waals surface area contributed by atoms with E-state index in [1.165, 1.54) is 18.4 Å². The Balaban J connectivity index is 1.66. The average Bonchev–Trinajstić information content (AvgIpc) is 3.21. The van der Waals surface area contributed by atoms with Crippen LogP contribution in [0.2, 0.25) is 0 Å². The molecule has 27 heavy (non-hydrogen) atoms. The van der Waals surface area contributed by atoms with Gasteiger partial charge in [-0.3, -0.25) is 4.79 Å². The molecule has 0 aliphatic heterocycles. The molecule has 0 bridgehead atoms. The zero-order chi connectivity index (χ0) is 19.1. The fourth-order valence-electron chi connectivity index (χ4n) is 2.27. The normalized spacial score (nSPS) is 10.1. The largest absolute Gasteiger partial charge is 0.486 e. The van der Waals surface area contributed by atoms with Crippen LogP contribution in [0.5, 0.6) is 5.75 Å². The van der Waals surface area contributed by atoms with Gasteiger partial charge in [-0.1, -0.05) is 12.1 Å². The van der Waals surface area contributed by atoms with Gasteiger partial charge < -0.3 is 20.7 Å². The van der Waals surface area contributed by atoms with Gasteiger partial charge in [0.2, 0.25) is 0 Å². The van der Waals surface area contributed by atoms with E-state index in [1.54, 1.807) is 48.0 Å². The van der Waals surface area contributed by atoms with E-state index in [4.69, 9.17) is 4.74 Å². The Kier molecular flexibility index (Phi) is 6.01. The molecule has 138 valence electrons. The number of urea groups is 1. The van der Waals surface area contributed by atoms with Crippen LogP contribution >= 0.6 is 11.3 Å². The van der Waals surface area contributed by atoms with Gasteiger partial charge in [-0.2, -0.15) is 0 Å². The number of hydrogen-bond donors (Lipinski definition) is 3. The fraction of sp³-hybridized carbons (Fsp3) is 0.105. The molecule has 3 aromatic rings. The minimum Gasteiger partial charge on any atom is -0.486 e. The summed E-state index contributed by atoms with van der Waals surface area (Å²) >= 11 is 1.49. The number of carbonyl (C=O) groups is 2. The molecule has 3 amide bonds. The van der Waals surface area contributed by atoms with Crippen LogP contribution in [-0.2, 0) is 6.61 Å². The third kappa shape index (κ3) is 5.05. The molecule has 0 aliphatic carbocycles. The maximum Gasteiger partial charge on any atom is 0.318 e. The first kappa shape index (κ1) is 18.4. The number of anilines is 2. The highest BCUT2D eigenvalue weighted by Gasteiger charge is 2.13. The van der Waals surface area contributed by atoms with Crippen LogP contribution in [0.15, 0.2) is 59.4 Å². The van der Waals surface area contributed by atoms with Gasteiger partial charge in [0.25, 0.3) is 5.91 Å². The predicted molar refractivity (Wildman–Crippen MR) is 105 cm³/mol. The fourth-order valence-corrected chi connectivity index (χ4v) is 2.81. The number of ether oxygens (including phenoxy) is 1. The Labute approximate surface area is 160 Å². The lowest BCUT2D eigenvalue weighted by atomic mass is 10.2. The lowest BCUT2D eigenvalue weighted by Gasteiger charge is -2.11. The molecule has 0 fully saturated rings. The second-order valence-electron chi connectivity index (χ2n) is 5.50. The van der Waals surface area contributed by atoms with Crippen molar-refractivity contribution in [3.63, 3.8) is 0 Å². The SMILES string of the molecule is CNC(=O)Nc1ccc(NC(=O)c2ccccc2OCc2cscn2)cc1. The van der Waals surface area contributed by atoms with E-state index in [0.29, 0.717) is 29.3 Å². The minimum atomic E-state index is -0.307. The number of nitrogens with zero attached hydrogens (tertiary/aromatic N) is 1. The molecule has 1 heterocycles. The molecule has 8 heteroatoms. The number of aromatic nitrogens is 1. The van der Waals surface area contributed by atoms with E-state index in [2.05, 4.69) is 20.9 Å².